The summed E-state index contributed by atoms with van der Waals surface area (Å²) in [6.45, 7) is 6.18. The Morgan fingerprint density at radius 1 is 1.47 bits per heavy atom. The second kappa shape index (κ2) is 6.99. The van der Waals surface area contributed by atoms with E-state index in [0.717, 1.165) is 0 Å². The third-order valence-corrected chi connectivity index (χ3v) is 2.89. The average Bonchev–Trinajstić information content (AvgIpc) is 2.37. The molecule has 5 heteroatoms. The van der Waals surface area contributed by atoms with E-state index < -0.39 is 0 Å². The van der Waals surface area contributed by atoms with Gasteiger partial charge in [-0.25, -0.2) is 0 Å². The van der Waals surface area contributed by atoms with Crippen LogP contribution in [0, 0.1) is 5.92 Å². The molecule has 0 aromatic heterocycles. The Kier molecular flexibility index (Phi) is 5.63. The Morgan fingerprint density at radius 3 is 2.63 bits per heavy atom. The summed E-state index contributed by atoms with van der Waals surface area (Å²) in [6, 6.07) is 4.65. The number of nitrogens with one attached hydrogen (secondary N) is 1. The minimum absolute atomic E-state index is 0.0874. The van der Waals surface area contributed by atoms with Gasteiger partial charge in [-0.2, -0.15) is 0 Å². The first-order valence-corrected chi connectivity index (χ1v) is 6.43. The normalized spacial score (nSPS) is 12.3. The molecule has 0 heterocycles. The summed E-state index contributed by atoms with van der Waals surface area (Å²) < 4.78 is 5.32. The van der Waals surface area contributed by atoms with Crippen molar-refractivity contribution in [3.05, 3.63) is 23.8 Å². The molecule has 1 aromatic rings. The molecule has 0 aliphatic rings. The number of amides is 1. The lowest BCUT2D eigenvalue weighted by Crippen LogP contribution is -2.41. The highest BCUT2D eigenvalue weighted by Gasteiger charge is 2.16. The highest BCUT2D eigenvalue weighted by atomic mass is 16.5. The van der Waals surface area contributed by atoms with E-state index in [1.54, 1.807) is 18.2 Å². The summed E-state index contributed by atoms with van der Waals surface area (Å²) in [7, 11) is 0. The van der Waals surface area contributed by atoms with Crippen LogP contribution in [0.1, 0.15) is 31.1 Å². The third-order valence-electron chi connectivity index (χ3n) is 2.89. The number of hydrogen-bond donors (Lipinski definition) is 3. The lowest BCUT2D eigenvalue weighted by molar-refractivity contribution is 0.0897. The number of ether oxygens (including phenoxy) is 1. The van der Waals surface area contributed by atoms with Gasteiger partial charge in [-0.05, 0) is 31.0 Å². The van der Waals surface area contributed by atoms with Crippen LogP contribution in [0.5, 0.6) is 5.75 Å². The number of aliphatic hydroxyl groups is 1. The molecule has 0 spiro atoms. The second-order valence-electron chi connectivity index (χ2n) is 4.69. The van der Waals surface area contributed by atoms with Crippen molar-refractivity contribution in [3.63, 3.8) is 0 Å². The molecule has 1 rings (SSSR count). The van der Waals surface area contributed by atoms with Gasteiger partial charge in [0.15, 0.2) is 0 Å². The highest BCUT2D eigenvalue weighted by Crippen LogP contribution is 2.22. The van der Waals surface area contributed by atoms with Crippen LogP contribution in [-0.4, -0.2) is 30.3 Å². The van der Waals surface area contributed by atoms with E-state index in [-0.39, 0.29) is 24.5 Å². The maximum absolute atomic E-state index is 12.0. The van der Waals surface area contributed by atoms with Crippen LogP contribution in [0.3, 0.4) is 0 Å². The summed E-state index contributed by atoms with van der Waals surface area (Å²) in [5, 5.41) is 12.0. The van der Waals surface area contributed by atoms with Gasteiger partial charge in [0.05, 0.1) is 24.9 Å². The summed E-state index contributed by atoms with van der Waals surface area (Å²) in [5.41, 5.74) is 6.70. The monoisotopic (exact) mass is 266 g/mol. The van der Waals surface area contributed by atoms with Crippen LogP contribution >= 0.6 is 0 Å². The Balaban J connectivity index is 2.80. The third kappa shape index (κ3) is 4.13. The van der Waals surface area contributed by atoms with E-state index in [1.165, 1.54) is 0 Å². The molecule has 4 N–H and O–H groups in total. The van der Waals surface area contributed by atoms with Gasteiger partial charge < -0.3 is 20.9 Å². The number of nitrogen functional groups attached to an aromatic ring is 1. The van der Waals surface area contributed by atoms with Gasteiger partial charge in [0, 0.05) is 5.56 Å². The van der Waals surface area contributed by atoms with E-state index >= 15 is 0 Å². The molecular formula is C14H22N2O3. The molecule has 0 saturated carbocycles. The smallest absolute Gasteiger partial charge is 0.251 e. The van der Waals surface area contributed by atoms with Crippen molar-refractivity contribution < 1.29 is 14.6 Å². The Bertz CT molecular complexity index is 433. The van der Waals surface area contributed by atoms with Crippen molar-refractivity contribution in [3.8, 4) is 5.75 Å². The first-order valence-electron chi connectivity index (χ1n) is 6.43. The summed E-state index contributed by atoms with van der Waals surface area (Å²) in [5.74, 6) is 0.484. The van der Waals surface area contributed by atoms with Gasteiger partial charge in [-0.15, -0.1) is 0 Å². The van der Waals surface area contributed by atoms with E-state index in [4.69, 9.17) is 10.5 Å². The molecule has 106 valence electrons. The Hall–Kier alpha value is -1.75. The van der Waals surface area contributed by atoms with Crippen LogP contribution in [-0.2, 0) is 0 Å². The predicted octanol–water partition coefficient (Wildman–Crippen LogP) is 1.41. The van der Waals surface area contributed by atoms with Crippen molar-refractivity contribution in [1.29, 1.82) is 0 Å². The van der Waals surface area contributed by atoms with E-state index in [1.807, 2.05) is 20.8 Å². The van der Waals surface area contributed by atoms with Gasteiger partial charge >= 0.3 is 0 Å². The topological polar surface area (TPSA) is 84.6 Å². The molecule has 19 heavy (non-hydrogen) atoms. The molecule has 1 atom stereocenters. The SMILES string of the molecule is CCOc1ccc(C(=O)NC(CO)C(C)C)cc1N. The number of rotatable bonds is 6. The van der Waals surface area contributed by atoms with Crippen LogP contribution in [0.2, 0.25) is 0 Å². The highest BCUT2D eigenvalue weighted by molar-refractivity contribution is 5.95. The average molecular weight is 266 g/mol. The van der Waals surface area contributed by atoms with Crippen LogP contribution in [0.15, 0.2) is 18.2 Å². The largest absolute Gasteiger partial charge is 0.492 e. The molecule has 0 bridgehead atoms. The zero-order valence-corrected chi connectivity index (χ0v) is 11.6. The molecule has 1 aromatic carbocycles. The number of carbonyl (C=O) groups excluding carboxylic acids is 1. The fourth-order valence-electron chi connectivity index (χ4n) is 1.65. The van der Waals surface area contributed by atoms with Gasteiger partial charge in [-0.1, -0.05) is 13.8 Å². The number of hydrogen-bond acceptors (Lipinski definition) is 4. The maximum Gasteiger partial charge on any atom is 0.251 e. The number of benzene rings is 1. The van der Waals surface area contributed by atoms with E-state index in [9.17, 15) is 9.90 Å². The van der Waals surface area contributed by atoms with E-state index in [0.29, 0.717) is 23.6 Å². The van der Waals surface area contributed by atoms with Crippen LogP contribution in [0.4, 0.5) is 5.69 Å². The predicted molar refractivity (Wildman–Crippen MR) is 75.2 cm³/mol. The number of aliphatic hydroxyl groups excluding tert-OH is 1. The Morgan fingerprint density at radius 2 is 2.16 bits per heavy atom. The lowest BCUT2D eigenvalue weighted by atomic mass is 10.0. The van der Waals surface area contributed by atoms with Gasteiger partial charge in [-0.3, -0.25) is 4.79 Å². The molecule has 0 fully saturated rings. The van der Waals surface area contributed by atoms with Crippen molar-refractivity contribution in [1.82, 2.24) is 5.32 Å². The first kappa shape index (κ1) is 15.3. The first-order chi connectivity index (χ1) is 8.99. The quantitative estimate of drug-likeness (QED) is 0.680. The minimum Gasteiger partial charge on any atom is -0.492 e. The summed E-state index contributed by atoms with van der Waals surface area (Å²) in [4.78, 5) is 12.0. The zero-order valence-electron chi connectivity index (χ0n) is 11.6. The maximum atomic E-state index is 12.0. The fourth-order valence-corrected chi connectivity index (χ4v) is 1.65. The minimum atomic E-state index is -0.264. The molecule has 0 radical (unpaired) electrons. The van der Waals surface area contributed by atoms with Gasteiger partial charge in [0.2, 0.25) is 0 Å². The number of nitrogens with two attached hydrogens (primary N) is 1. The molecule has 1 amide bonds. The molecule has 0 aliphatic carbocycles. The molecule has 5 nitrogen and oxygen atoms in total. The fraction of sp³-hybridized carbons (Fsp3) is 0.500. The van der Waals surface area contributed by atoms with Gasteiger partial charge in [0.1, 0.15) is 5.75 Å². The second-order valence-corrected chi connectivity index (χ2v) is 4.69. The molecule has 1 unspecified atom stereocenters. The summed E-state index contributed by atoms with van der Waals surface area (Å²) in [6.07, 6.45) is 0. The van der Waals surface area contributed by atoms with Crippen molar-refractivity contribution in [2.75, 3.05) is 18.9 Å². The Labute approximate surface area is 113 Å². The molecular weight excluding hydrogens is 244 g/mol. The van der Waals surface area contributed by atoms with Crippen molar-refractivity contribution in [2.45, 2.75) is 26.8 Å². The van der Waals surface area contributed by atoms with Crippen LogP contribution < -0.4 is 15.8 Å². The summed E-state index contributed by atoms with van der Waals surface area (Å²) >= 11 is 0. The number of carbonyl (C=O) groups is 1. The van der Waals surface area contributed by atoms with Crippen molar-refractivity contribution >= 4 is 11.6 Å². The van der Waals surface area contributed by atoms with Crippen molar-refractivity contribution in [2.24, 2.45) is 5.92 Å². The number of anilines is 1. The lowest BCUT2D eigenvalue weighted by Gasteiger charge is -2.20. The zero-order chi connectivity index (χ0) is 14.4. The van der Waals surface area contributed by atoms with Crippen LogP contribution in [0.25, 0.3) is 0 Å². The standard InChI is InChI=1S/C14H22N2O3/c1-4-19-13-6-5-10(7-11(13)15)14(18)16-12(8-17)9(2)3/h5-7,9,12,17H,4,8,15H2,1-3H3,(H,16,18). The molecule has 0 aliphatic heterocycles. The van der Waals surface area contributed by atoms with E-state index in [2.05, 4.69) is 5.32 Å². The van der Waals surface area contributed by atoms with Gasteiger partial charge in [0.25, 0.3) is 5.91 Å². The molecule has 0 saturated heterocycles.